The molecule has 15 rings (SSSR count). The van der Waals surface area contributed by atoms with Crippen molar-refractivity contribution < 1.29 is 29.7 Å². The molecule has 0 bridgehead atoms. The maximum Gasteiger partial charge on any atom is 0.171 e. The fraction of sp³-hybridized carbons (Fsp3) is 0.919. The highest BCUT2D eigenvalue weighted by Gasteiger charge is 2.65. The lowest BCUT2D eigenvalue weighted by molar-refractivity contribution is -0.151. The first kappa shape index (κ1) is 70.1. The molecule has 2 aromatic heterocycles. The molecule has 3 heterocycles. The number of alkyl halides is 1. The van der Waals surface area contributed by atoms with E-state index in [0.29, 0.717) is 93.3 Å². The minimum Gasteiger partial charge on any atom is -0.390 e. The van der Waals surface area contributed by atoms with E-state index in [1.165, 1.54) is 101 Å². The molecule has 13 aliphatic rings. The molecule has 18 heteroatoms. The fourth-order valence-electron chi connectivity index (χ4n) is 25.5. The molecule has 12 aliphatic carbocycles. The van der Waals surface area contributed by atoms with Crippen LogP contribution in [0, 0.1) is 135 Å². The van der Waals surface area contributed by atoms with Crippen LogP contribution < -0.4 is 0 Å². The average Bonchev–Trinajstić information content (AvgIpc) is 1.50. The SMILES string of the molecule is C.CC1=NN=NC1.C[C@@]1(O)CC[C@@]2(C)[C@@H](CC[C@@H]3[C@@H]2CC[C@]2(C)[C@@H](C(=O)CBr)CC[C@@H]32)C1.Cc1nnn(CC(=O)[C@H]2CC[C@H]3[C@@H]4CC[C@H]5C[C@](C)(O)CC[C@]5(C)[C@H]4CC[C@]23C)n1.Cc1nnnn1CC(=O)[C@H]1CC[C@H]2[C@@H]3CC[C@H]4C[C@](C)(O)CC[C@]4(C)[C@H]3CC[C@]12C. The van der Waals surface area contributed by atoms with Crippen LogP contribution in [0.4, 0.5) is 0 Å². The number of aryl methyl sites for hydroxylation is 2. The number of nitrogens with zero attached hydrogens (tertiary/aromatic N) is 11. The summed E-state index contributed by atoms with van der Waals surface area (Å²) in [5.74, 6) is 11.7. The van der Waals surface area contributed by atoms with E-state index in [4.69, 9.17) is 0 Å². The lowest BCUT2D eigenvalue weighted by atomic mass is 9.44. The van der Waals surface area contributed by atoms with Gasteiger partial charge in [0.2, 0.25) is 0 Å². The minimum atomic E-state index is -0.473. The molecule has 1 aliphatic heterocycles. The van der Waals surface area contributed by atoms with E-state index < -0.39 is 16.8 Å². The Hall–Kier alpha value is -3.22. The minimum absolute atomic E-state index is 0. The summed E-state index contributed by atoms with van der Waals surface area (Å²) < 4.78 is 1.66. The molecule has 0 amide bonds. The second-order valence-corrected chi connectivity index (χ2v) is 36.2. The van der Waals surface area contributed by atoms with Crippen molar-refractivity contribution in [2.24, 2.45) is 137 Å². The number of aliphatic hydroxyl groups is 3. The Kier molecular flexibility index (Phi) is 19.7. The number of Topliss-reactive ketones (excluding diaryl/α,β-unsaturated/α-hetero) is 3. The van der Waals surface area contributed by atoms with Gasteiger partial charge in [-0.3, -0.25) is 14.4 Å². The number of tetrazole rings is 2. The summed E-state index contributed by atoms with van der Waals surface area (Å²) in [7, 11) is 0. The molecule has 2 aromatic rings. The first-order valence-corrected chi connectivity index (χ1v) is 37.7. The summed E-state index contributed by atoms with van der Waals surface area (Å²) >= 11 is 3.43. The average molecular weight is 1340 g/mol. The maximum atomic E-state index is 13.3. The van der Waals surface area contributed by atoms with Gasteiger partial charge in [-0.1, -0.05) is 64.9 Å². The van der Waals surface area contributed by atoms with E-state index >= 15 is 0 Å². The van der Waals surface area contributed by atoms with E-state index in [1.807, 2.05) is 41.5 Å². The molecular formula is C74H120BrN11O6. The van der Waals surface area contributed by atoms with Gasteiger partial charge in [-0.15, -0.1) is 20.4 Å². The summed E-state index contributed by atoms with van der Waals surface area (Å²) in [6.07, 6.45) is 31.2. The molecule has 3 N–H and O–H groups in total. The highest BCUT2D eigenvalue weighted by Crippen LogP contribution is 2.72. The third kappa shape index (κ3) is 12.6. The molecule has 0 spiro atoms. The first-order valence-electron chi connectivity index (χ1n) is 36.6. The molecular weight excluding hydrogens is 1220 g/mol. The second-order valence-electron chi connectivity index (χ2n) is 35.6. The smallest absolute Gasteiger partial charge is 0.171 e. The van der Waals surface area contributed by atoms with Gasteiger partial charge in [0.15, 0.2) is 17.4 Å². The van der Waals surface area contributed by atoms with Crippen LogP contribution in [0.1, 0.15) is 262 Å². The summed E-state index contributed by atoms with van der Waals surface area (Å²) in [6, 6.07) is 0. The molecule has 17 nitrogen and oxygen atoms in total. The third-order valence-electron chi connectivity index (χ3n) is 30.6. The molecule has 24 atom stereocenters. The van der Waals surface area contributed by atoms with Crippen LogP contribution in [0.3, 0.4) is 0 Å². The van der Waals surface area contributed by atoms with E-state index in [9.17, 15) is 29.7 Å². The topological polar surface area (TPSA) is 236 Å². The zero-order chi connectivity index (χ0) is 65.1. The van der Waals surface area contributed by atoms with Crippen LogP contribution in [-0.2, 0) is 27.5 Å². The number of hydrogen-bond donors (Lipinski definition) is 3. The normalized spacial score (nSPS) is 47.5. The molecule has 0 saturated heterocycles. The summed E-state index contributed by atoms with van der Waals surface area (Å²) in [4.78, 5) is 40.5. The van der Waals surface area contributed by atoms with Crippen LogP contribution in [0.15, 0.2) is 15.4 Å². The van der Waals surface area contributed by atoms with Gasteiger partial charge in [-0.2, -0.15) is 9.91 Å². The number of aromatic nitrogens is 8. The quantitative estimate of drug-likeness (QED) is 0.209. The number of halogens is 1. The summed E-state index contributed by atoms with van der Waals surface area (Å²) in [5.41, 5.74) is 1.27. The molecule has 0 unspecified atom stereocenters. The van der Waals surface area contributed by atoms with E-state index in [-0.39, 0.29) is 48.0 Å². The van der Waals surface area contributed by atoms with E-state index in [2.05, 4.69) is 104 Å². The van der Waals surface area contributed by atoms with Gasteiger partial charge in [0, 0.05) is 17.8 Å². The molecule has 514 valence electrons. The summed E-state index contributed by atoms with van der Waals surface area (Å²) in [6.45, 7) is 27.8. The van der Waals surface area contributed by atoms with Crippen molar-refractivity contribution >= 4 is 39.0 Å². The number of hydrogen-bond acceptors (Lipinski definition) is 15. The van der Waals surface area contributed by atoms with Crippen LogP contribution in [0.5, 0.6) is 0 Å². The Morgan fingerprint density at radius 1 is 0.467 bits per heavy atom. The third-order valence-corrected chi connectivity index (χ3v) is 31.2. The van der Waals surface area contributed by atoms with Gasteiger partial charge in [-0.25, -0.2) is 4.68 Å². The largest absolute Gasteiger partial charge is 0.390 e. The van der Waals surface area contributed by atoms with Crippen molar-refractivity contribution in [1.82, 2.24) is 40.4 Å². The molecule has 12 saturated carbocycles. The lowest BCUT2D eigenvalue weighted by Crippen LogP contribution is -2.55. The molecule has 92 heavy (non-hydrogen) atoms. The van der Waals surface area contributed by atoms with Crippen LogP contribution in [0.2, 0.25) is 0 Å². The van der Waals surface area contributed by atoms with Gasteiger partial charge in [0.1, 0.15) is 31.2 Å². The van der Waals surface area contributed by atoms with Crippen molar-refractivity contribution in [3.8, 4) is 0 Å². The lowest BCUT2D eigenvalue weighted by Gasteiger charge is -2.61. The number of rotatable bonds is 8. The predicted molar refractivity (Wildman–Crippen MR) is 361 cm³/mol. The van der Waals surface area contributed by atoms with Crippen LogP contribution >= 0.6 is 15.9 Å². The van der Waals surface area contributed by atoms with Gasteiger partial charge in [-0.05, 0) is 339 Å². The molecule has 0 radical (unpaired) electrons. The zero-order valence-corrected chi connectivity index (χ0v) is 59.5. The Bertz CT molecular complexity index is 3070. The van der Waals surface area contributed by atoms with Crippen LogP contribution in [0.25, 0.3) is 0 Å². The van der Waals surface area contributed by atoms with Gasteiger partial charge in [0.25, 0.3) is 0 Å². The predicted octanol–water partition coefficient (Wildman–Crippen LogP) is 14.7. The highest BCUT2D eigenvalue weighted by molar-refractivity contribution is 9.09. The zero-order valence-electron chi connectivity index (χ0n) is 57.9. The van der Waals surface area contributed by atoms with Crippen molar-refractivity contribution in [3.63, 3.8) is 0 Å². The van der Waals surface area contributed by atoms with Crippen LogP contribution in [-0.4, -0.2) is 107 Å². The van der Waals surface area contributed by atoms with Crippen molar-refractivity contribution in [2.75, 3.05) is 11.9 Å². The van der Waals surface area contributed by atoms with Gasteiger partial charge >= 0.3 is 0 Å². The van der Waals surface area contributed by atoms with Gasteiger partial charge < -0.3 is 15.3 Å². The monoisotopic (exact) mass is 1340 g/mol. The highest BCUT2D eigenvalue weighted by atomic mass is 79.9. The Morgan fingerprint density at radius 2 is 0.859 bits per heavy atom. The Balaban J connectivity index is 0.000000135. The van der Waals surface area contributed by atoms with E-state index in [0.717, 1.165) is 124 Å². The van der Waals surface area contributed by atoms with Crippen molar-refractivity contribution in [3.05, 3.63) is 11.6 Å². The van der Waals surface area contributed by atoms with E-state index in [1.54, 1.807) is 4.68 Å². The molecule has 12 fully saturated rings. The number of carbonyl (C=O) groups excluding carboxylic acids is 3. The molecule has 0 aromatic carbocycles. The second kappa shape index (κ2) is 25.9. The standard InChI is InChI=1S/2C24H38N4O2.C22H35BrO2.C3H5N3.CH4/c1-15-25-26-27-28(15)14-21(29)20-8-7-18-17-6-5-16-13-22(2,30)11-12-23(16,3)19(17)9-10-24(18,20)4;1-15-25-27-28(26-15)14-21(29)20-8-7-18-17-6-5-16-13-22(2,30)11-12-23(16,3)19(17)9-10-24(18,20)4;1-20(25)10-11-21(2)14(12-20)4-5-15-16-6-7-18(19(24)13-23)22(16,3)9-8-17(15)21;1-3-2-4-6-5-3;/h2*16-20,30H,5-14H2,1-4H3;14-18,25H,4-13H2,1-3H3;2H2,1H3;1H4/t2*16-,17-,18-,19-,20+,22+,23-,24-;14-,15-,16-,17-,18+,20+,21-,22-;;/m000../s1. The Labute approximate surface area is 560 Å². The van der Waals surface area contributed by atoms with Gasteiger partial charge in [0.05, 0.1) is 27.8 Å². The number of fused-ring (bicyclic) bond motifs is 15. The van der Waals surface area contributed by atoms with Crippen molar-refractivity contribution in [1.29, 1.82) is 0 Å². The first-order chi connectivity index (χ1) is 42.9. The van der Waals surface area contributed by atoms with Crippen molar-refractivity contribution in [2.45, 2.75) is 294 Å². The summed E-state index contributed by atoms with van der Waals surface area (Å²) in [5, 5.41) is 66.9. The maximum absolute atomic E-state index is 13.3. The number of ketones is 3. The Morgan fingerprint density at radius 3 is 1.18 bits per heavy atom. The fourth-order valence-corrected chi connectivity index (χ4v) is 25.9. The number of carbonyl (C=O) groups is 3.